The molecule has 0 aliphatic rings. The van der Waals surface area contributed by atoms with Crippen molar-refractivity contribution in [3.05, 3.63) is 59.8 Å². The Morgan fingerprint density at radius 3 is 2.71 bits per heavy atom. The van der Waals surface area contributed by atoms with E-state index >= 15 is 0 Å². The molecule has 0 unspecified atom stereocenters. The molecule has 0 saturated heterocycles. The largest absolute Gasteiger partial charge is 0.478 e. The molecule has 0 atom stereocenters. The van der Waals surface area contributed by atoms with Crippen molar-refractivity contribution < 1.29 is 14.3 Å². The van der Waals surface area contributed by atoms with E-state index < -0.39 is 11.8 Å². The van der Waals surface area contributed by atoms with Gasteiger partial charge in [-0.1, -0.05) is 6.07 Å². The Morgan fingerprint density at radius 1 is 1.19 bits per heavy atom. The van der Waals surface area contributed by atoms with Crippen LogP contribution in [0.3, 0.4) is 0 Å². The fourth-order valence-corrected chi connectivity index (χ4v) is 2.30. The third-order valence-electron chi connectivity index (χ3n) is 3.36. The van der Waals surface area contributed by atoms with E-state index in [2.05, 4.69) is 9.97 Å². The zero-order valence-corrected chi connectivity index (χ0v) is 11.2. The Hall–Kier alpha value is -2.82. The van der Waals surface area contributed by atoms with Gasteiger partial charge in [0, 0.05) is 23.3 Å². The summed E-state index contributed by atoms with van der Waals surface area (Å²) in [7, 11) is 0. The second kappa shape index (κ2) is 4.94. The summed E-state index contributed by atoms with van der Waals surface area (Å²) in [4.78, 5) is 19.1. The number of benzene rings is 1. The number of nitrogens with zero attached hydrogens (tertiary/aromatic N) is 2. The molecular formula is C16H11FN2O2. The topological polar surface area (TPSA) is 63.1 Å². The summed E-state index contributed by atoms with van der Waals surface area (Å²) >= 11 is 0. The van der Waals surface area contributed by atoms with Gasteiger partial charge in [-0.15, -0.1) is 0 Å². The summed E-state index contributed by atoms with van der Waals surface area (Å²) in [6, 6.07) is 6.30. The highest BCUT2D eigenvalue weighted by molar-refractivity contribution is 6.01. The van der Waals surface area contributed by atoms with E-state index in [0.29, 0.717) is 16.6 Å². The van der Waals surface area contributed by atoms with Gasteiger partial charge in [-0.05, 0) is 36.1 Å². The molecule has 104 valence electrons. The van der Waals surface area contributed by atoms with Crippen LogP contribution in [-0.4, -0.2) is 21.0 Å². The van der Waals surface area contributed by atoms with Gasteiger partial charge in [0.25, 0.3) is 0 Å². The van der Waals surface area contributed by atoms with Crippen LogP contribution in [0.25, 0.3) is 22.0 Å². The number of aryl methyl sites for hydroxylation is 1. The Morgan fingerprint density at radius 2 is 2.00 bits per heavy atom. The summed E-state index contributed by atoms with van der Waals surface area (Å²) in [5.74, 6) is -1.52. The molecule has 21 heavy (non-hydrogen) atoms. The maximum absolute atomic E-state index is 13.9. The van der Waals surface area contributed by atoms with Gasteiger partial charge in [0.15, 0.2) is 5.82 Å². The van der Waals surface area contributed by atoms with Crippen molar-refractivity contribution in [2.45, 2.75) is 6.92 Å². The summed E-state index contributed by atoms with van der Waals surface area (Å²) in [6.07, 6.45) is 4.24. The van der Waals surface area contributed by atoms with Gasteiger partial charge < -0.3 is 5.11 Å². The molecule has 5 heteroatoms. The number of rotatable bonds is 2. The molecule has 2 heterocycles. The smallest absolute Gasteiger partial charge is 0.335 e. The molecule has 0 fully saturated rings. The highest BCUT2D eigenvalue weighted by Gasteiger charge is 2.13. The second-order valence-corrected chi connectivity index (χ2v) is 4.71. The van der Waals surface area contributed by atoms with Crippen LogP contribution in [0.5, 0.6) is 0 Å². The molecule has 1 N–H and O–H groups in total. The first kappa shape index (κ1) is 13.2. The number of carboxylic acid groups (broad SMARTS) is 1. The van der Waals surface area contributed by atoms with Crippen LogP contribution in [-0.2, 0) is 0 Å². The lowest BCUT2D eigenvalue weighted by Gasteiger charge is -2.09. The Balaban J connectivity index is 2.38. The molecule has 0 amide bonds. The highest BCUT2D eigenvalue weighted by Crippen LogP contribution is 2.30. The standard InChI is InChI=1S/C16H11FN2O2/c1-9-7-19-15(12-4-5-18-8-14(12)17)13-6-10(16(20)21)2-3-11(9)13/h2-8H,1H3,(H,20,21). The summed E-state index contributed by atoms with van der Waals surface area (Å²) in [6.45, 7) is 1.88. The van der Waals surface area contributed by atoms with Crippen molar-refractivity contribution in [3.8, 4) is 11.3 Å². The van der Waals surface area contributed by atoms with Gasteiger partial charge >= 0.3 is 5.97 Å². The van der Waals surface area contributed by atoms with Gasteiger partial charge in [0.1, 0.15) is 0 Å². The van der Waals surface area contributed by atoms with Crippen molar-refractivity contribution in [1.82, 2.24) is 9.97 Å². The number of hydrogen-bond donors (Lipinski definition) is 1. The van der Waals surface area contributed by atoms with Gasteiger partial charge in [-0.25, -0.2) is 9.18 Å². The quantitative estimate of drug-likeness (QED) is 0.782. The minimum atomic E-state index is -1.03. The predicted molar refractivity (Wildman–Crippen MR) is 76.6 cm³/mol. The number of aromatic nitrogens is 2. The Kier molecular flexibility index (Phi) is 3.10. The van der Waals surface area contributed by atoms with Crippen molar-refractivity contribution in [3.63, 3.8) is 0 Å². The Bertz CT molecular complexity index is 862. The maximum Gasteiger partial charge on any atom is 0.335 e. The van der Waals surface area contributed by atoms with E-state index in [1.54, 1.807) is 12.3 Å². The predicted octanol–water partition coefficient (Wildman–Crippen LogP) is 3.44. The molecule has 3 rings (SSSR count). The molecule has 1 aromatic carbocycles. The maximum atomic E-state index is 13.9. The number of carboxylic acids is 1. The van der Waals surface area contributed by atoms with Crippen LogP contribution in [0.1, 0.15) is 15.9 Å². The van der Waals surface area contributed by atoms with E-state index in [9.17, 15) is 9.18 Å². The summed E-state index contributed by atoms with van der Waals surface area (Å²) in [5.41, 5.74) is 1.77. The molecule has 3 aromatic rings. The fraction of sp³-hybridized carbons (Fsp3) is 0.0625. The SMILES string of the molecule is Cc1cnc(-c2ccncc2F)c2cc(C(=O)O)ccc12. The van der Waals surface area contributed by atoms with Crippen molar-refractivity contribution >= 4 is 16.7 Å². The average Bonchev–Trinajstić information content (AvgIpc) is 2.48. The van der Waals surface area contributed by atoms with Crippen LogP contribution in [0.2, 0.25) is 0 Å². The molecule has 0 saturated carbocycles. The van der Waals surface area contributed by atoms with Crippen molar-refractivity contribution in [1.29, 1.82) is 0 Å². The number of pyridine rings is 2. The zero-order chi connectivity index (χ0) is 15.0. The number of fused-ring (bicyclic) bond motifs is 1. The fourth-order valence-electron chi connectivity index (χ4n) is 2.30. The molecule has 0 spiro atoms. The molecular weight excluding hydrogens is 271 g/mol. The van der Waals surface area contributed by atoms with E-state index in [1.807, 2.05) is 6.92 Å². The monoisotopic (exact) mass is 282 g/mol. The molecule has 0 radical (unpaired) electrons. The van der Waals surface area contributed by atoms with Crippen LogP contribution >= 0.6 is 0 Å². The van der Waals surface area contributed by atoms with Crippen molar-refractivity contribution in [2.75, 3.05) is 0 Å². The second-order valence-electron chi connectivity index (χ2n) is 4.71. The summed E-state index contributed by atoms with van der Waals surface area (Å²) in [5, 5.41) is 10.6. The zero-order valence-electron chi connectivity index (χ0n) is 11.2. The lowest BCUT2D eigenvalue weighted by atomic mass is 9.99. The third-order valence-corrected chi connectivity index (χ3v) is 3.36. The van der Waals surface area contributed by atoms with E-state index in [-0.39, 0.29) is 5.56 Å². The van der Waals surface area contributed by atoms with E-state index in [4.69, 9.17) is 5.11 Å². The first-order chi connectivity index (χ1) is 10.1. The van der Waals surface area contributed by atoms with Gasteiger partial charge in [-0.3, -0.25) is 9.97 Å². The number of halogens is 1. The normalized spacial score (nSPS) is 10.8. The molecule has 0 aliphatic heterocycles. The minimum absolute atomic E-state index is 0.144. The minimum Gasteiger partial charge on any atom is -0.478 e. The first-order valence-corrected chi connectivity index (χ1v) is 6.30. The number of carbonyl (C=O) groups is 1. The van der Waals surface area contributed by atoms with E-state index in [1.165, 1.54) is 24.4 Å². The average molecular weight is 282 g/mol. The van der Waals surface area contributed by atoms with Crippen LogP contribution in [0.4, 0.5) is 4.39 Å². The molecule has 0 aliphatic carbocycles. The molecule has 2 aromatic heterocycles. The third kappa shape index (κ3) is 2.23. The molecule has 0 bridgehead atoms. The van der Waals surface area contributed by atoms with Gasteiger partial charge in [0.2, 0.25) is 0 Å². The lowest BCUT2D eigenvalue weighted by molar-refractivity contribution is 0.0697. The number of aromatic carboxylic acids is 1. The highest BCUT2D eigenvalue weighted by atomic mass is 19.1. The van der Waals surface area contributed by atoms with Crippen LogP contribution in [0, 0.1) is 12.7 Å². The lowest BCUT2D eigenvalue weighted by Crippen LogP contribution is -1.98. The summed E-state index contributed by atoms with van der Waals surface area (Å²) < 4.78 is 13.9. The number of hydrogen-bond acceptors (Lipinski definition) is 3. The van der Waals surface area contributed by atoms with Crippen LogP contribution < -0.4 is 0 Å². The van der Waals surface area contributed by atoms with Crippen LogP contribution in [0.15, 0.2) is 42.9 Å². The Labute approximate surface area is 119 Å². The first-order valence-electron chi connectivity index (χ1n) is 6.30. The molecule has 4 nitrogen and oxygen atoms in total. The van der Waals surface area contributed by atoms with Gasteiger partial charge in [0.05, 0.1) is 17.5 Å². The van der Waals surface area contributed by atoms with Crippen molar-refractivity contribution in [2.24, 2.45) is 0 Å². The van der Waals surface area contributed by atoms with E-state index in [0.717, 1.165) is 17.1 Å². The van der Waals surface area contributed by atoms with Gasteiger partial charge in [-0.2, -0.15) is 0 Å².